The molecule has 0 aromatic heterocycles. The van der Waals surface area contributed by atoms with Gasteiger partial charge in [-0.3, -0.25) is 0 Å². The normalized spacial score (nSPS) is 12.1. The predicted molar refractivity (Wildman–Crippen MR) is 68.8 cm³/mol. The molecule has 0 saturated carbocycles. The van der Waals surface area contributed by atoms with Gasteiger partial charge in [0.15, 0.2) is 0 Å². The van der Waals surface area contributed by atoms with Gasteiger partial charge >= 0.3 is 6.09 Å². The number of carbonyl (C=O) groups excluding carboxylic acids is 1. The van der Waals surface area contributed by atoms with Crippen molar-refractivity contribution in [1.82, 2.24) is 5.32 Å². The Morgan fingerprint density at radius 1 is 1.11 bits per heavy atom. The molecule has 3 nitrogen and oxygen atoms in total. The highest BCUT2D eigenvalue weighted by Crippen LogP contribution is 2.21. The summed E-state index contributed by atoms with van der Waals surface area (Å²) in [6, 6.07) is 6.03. The molecule has 0 unspecified atom stereocenters. The lowest BCUT2D eigenvalue weighted by molar-refractivity contribution is 0.0470. The Labute approximate surface area is 107 Å². The summed E-state index contributed by atoms with van der Waals surface area (Å²) in [6.07, 6.45) is -0.489. The van der Waals surface area contributed by atoms with Crippen molar-refractivity contribution >= 4 is 6.09 Å². The Kier molecular flexibility index (Phi) is 3.99. The van der Waals surface area contributed by atoms with Crippen LogP contribution in [0.25, 0.3) is 0 Å². The third-order valence-electron chi connectivity index (χ3n) is 2.38. The molecule has 0 aliphatic rings. The first-order valence-corrected chi connectivity index (χ1v) is 5.87. The minimum atomic E-state index is -0.615. The highest BCUT2D eigenvalue weighted by Gasteiger charge is 2.26. The van der Waals surface area contributed by atoms with Crippen molar-refractivity contribution in [3.8, 4) is 0 Å². The standard InChI is InChI=1S/C14H20FNO2/c1-13(2,3)18-12(17)16-14(4,5)10-6-8-11(15)9-7-10/h6-9H,1-5H3,(H,16,17). The second-order valence-corrected chi connectivity index (χ2v) is 5.76. The molecule has 18 heavy (non-hydrogen) atoms. The van der Waals surface area contributed by atoms with E-state index in [-0.39, 0.29) is 5.82 Å². The van der Waals surface area contributed by atoms with Gasteiger partial charge in [-0.1, -0.05) is 12.1 Å². The zero-order valence-corrected chi connectivity index (χ0v) is 11.5. The summed E-state index contributed by atoms with van der Waals surface area (Å²) in [4.78, 5) is 11.7. The van der Waals surface area contributed by atoms with Crippen LogP contribution in [0.4, 0.5) is 9.18 Å². The van der Waals surface area contributed by atoms with Crippen molar-refractivity contribution in [3.05, 3.63) is 35.6 Å². The number of ether oxygens (including phenoxy) is 1. The second-order valence-electron chi connectivity index (χ2n) is 5.76. The molecular formula is C14H20FNO2. The quantitative estimate of drug-likeness (QED) is 0.874. The molecule has 0 radical (unpaired) electrons. The van der Waals surface area contributed by atoms with Crippen LogP contribution >= 0.6 is 0 Å². The van der Waals surface area contributed by atoms with Crippen LogP contribution in [0.3, 0.4) is 0 Å². The summed E-state index contributed by atoms with van der Waals surface area (Å²) in [5.41, 5.74) is -0.339. The molecule has 0 bridgehead atoms. The molecule has 1 aromatic rings. The number of nitrogens with one attached hydrogen (secondary N) is 1. The fourth-order valence-electron chi connectivity index (χ4n) is 1.50. The molecule has 0 atom stereocenters. The van der Waals surface area contributed by atoms with Crippen LogP contribution in [0.15, 0.2) is 24.3 Å². The largest absolute Gasteiger partial charge is 0.444 e. The topological polar surface area (TPSA) is 38.3 Å². The molecule has 0 spiro atoms. The average molecular weight is 253 g/mol. The molecule has 4 heteroatoms. The maximum atomic E-state index is 12.8. The Morgan fingerprint density at radius 2 is 1.61 bits per heavy atom. The Bertz CT molecular complexity index is 418. The van der Waals surface area contributed by atoms with Crippen LogP contribution < -0.4 is 5.32 Å². The highest BCUT2D eigenvalue weighted by molar-refractivity contribution is 5.69. The number of hydrogen-bond acceptors (Lipinski definition) is 2. The Hall–Kier alpha value is -1.58. The van der Waals surface area contributed by atoms with Crippen LogP contribution in [0.2, 0.25) is 0 Å². The fraction of sp³-hybridized carbons (Fsp3) is 0.500. The van der Waals surface area contributed by atoms with Gasteiger partial charge < -0.3 is 10.1 Å². The monoisotopic (exact) mass is 253 g/mol. The predicted octanol–water partition coefficient (Wildman–Crippen LogP) is 3.59. The maximum Gasteiger partial charge on any atom is 0.408 e. The third-order valence-corrected chi connectivity index (χ3v) is 2.38. The van der Waals surface area contributed by atoms with E-state index in [0.717, 1.165) is 5.56 Å². The van der Waals surface area contributed by atoms with Crippen molar-refractivity contribution in [3.63, 3.8) is 0 Å². The molecule has 0 aliphatic heterocycles. The molecule has 100 valence electrons. The van der Waals surface area contributed by atoms with E-state index in [9.17, 15) is 9.18 Å². The SMILES string of the molecule is CC(C)(C)OC(=O)NC(C)(C)c1ccc(F)cc1. The van der Waals surface area contributed by atoms with E-state index in [2.05, 4.69) is 5.32 Å². The summed E-state index contributed by atoms with van der Waals surface area (Å²) in [6.45, 7) is 9.08. The minimum absolute atomic E-state index is 0.299. The zero-order chi connectivity index (χ0) is 14.0. The summed E-state index contributed by atoms with van der Waals surface area (Å²) >= 11 is 0. The van der Waals surface area contributed by atoms with Gasteiger partial charge in [0, 0.05) is 0 Å². The molecule has 1 amide bonds. The molecule has 0 saturated heterocycles. The number of hydrogen-bond donors (Lipinski definition) is 1. The molecule has 0 heterocycles. The smallest absolute Gasteiger partial charge is 0.408 e. The van der Waals surface area contributed by atoms with Gasteiger partial charge in [-0.25, -0.2) is 9.18 Å². The van der Waals surface area contributed by atoms with E-state index in [1.54, 1.807) is 32.9 Å². The van der Waals surface area contributed by atoms with E-state index >= 15 is 0 Å². The van der Waals surface area contributed by atoms with Gasteiger partial charge in [-0.05, 0) is 52.3 Å². The van der Waals surface area contributed by atoms with E-state index < -0.39 is 17.2 Å². The molecule has 0 fully saturated rings. The molecular weight excluding hydrogens is 233 g/mol. The van der Waals surface area contributed by atoms with Crippen molar-refractivity contribution in [2.75, 3.05) is 0 Å². The van der Waals surface area contributed by atoms with Gasteiger partial charge in [-0.2, -0.15) is 0 Å². The van der Waals surface area contributed by atoms with Crippen LogP contribution in [-0.2, 0) is 10.3 Å². The van der Waals surface area contributed by atoms with Gasteiger partial charge in [0.05, 0.1) is 5.54 Å². The first kappa shape index (κ1) is 14.5. The molecule has 0 aliphatic carbocycles. The summed E-state index contributed by atoms with van der Waals surface area (Å²) in [5, 5.41) is 2.76. The zero-order valence-electron chi connectivity index (χ0n) is 11.5. The highest BCUT2D eigenvalue weighted by atomic mass is 19.1. The number of benzene rings is 1. The maximum absolute atomic E-state index is 12.8. The number of halogens is 1. The molecule has 1 aromatic carbocycles. The van der Waals surface area contributed by atoms with Crippen molar-refractivity contribution in [1.29, 1.82) is 0 Å². The van der Waals surface area contributed by atoms with Crippen molar-refractivity contribution in [2.24, 2.45) is 0 Å². The van der Waals surface area contributed by atoms with Crippen LogP contribution in [-0.4, -0.2) is 11.7 Å². The number of amides is 1. The van der Waals surface area contributed by atoms with Gasteiger partial charge in [0.25, 0.3) is 0 Å². The van der Waals surface area contributed by atoms with E-state index in [1.165, 1.54) is 12.1 Å². The van der Waals surface area contributed by atoms with Crippen LogP contribution in [0, 0.1) is 5.82 Å². The lowest BCUT2D eigenvalue weighted by atomic mass is 9.94. The summed E-state index contributed by atoms with van der Waals surface area (Å²) < 4.78 is 18.0. The van der Waals surface area contributed by atoms with E-state index in [4.69, 9.17) is 4.74 Å². The summed E-state index contributed by atoms with van der Waals surface area (Å²) in [7, 11) is 0. The number of rotatable bonds is 2. The van der Waals surface area contributed by atoms with Crippen LogP contribution in [0.5, 0.6) is 0 Å². The second kappa shape index (κ2) is 4.96. The van der Waals surface area contributed by atoms with Gasteiger partial charge in [0.2, 0.25) is 0 Å². The number of alkyl carbamates (subject to hydrolysis) is 1. The average Bonchev–Trinajstić information content (AvgIpc) is 2.13. The fourth-order valence-corrected chi connectivity index (χ4v) is 1.50. The van der Waals surface area contributed by atoms with E-state index in [0.29, 0.717) is 0 Å². The first-order valence-electron chi connectivity index (χ1n) is 5.87. The Balaban J connectivity index is 2.75. The van der Waals surface area contributed by atoms with Crippen molar-refractivity contribution < 1.29 is 13.9 Å². The molecule has 1 rings (SSSR count). The minimum Gasteiger partial charge on any atom is -0.444 e. The Morgan fingerprint density at radius 3 is 2.06 bits per heavy atom. The number of carbonyl (C=O) groups is 1. The lowest BCUT2D eigenvalue weighted by Crippen LogP contribution is -2.43. The lowest BCUT2D eigenvalue weighted by Gasteiger charge is -2.29. The first-order chi connectivity index (χ1) is 8.10. The third kappa shape index (κ3) is 4.35. The molecule has 1 N–H and O–H groups in total. The van der Waals surface area contributed by atoms with E-state index in [1.807, 2.05) is 13.8 Å². The van der Waals surface area contributed by atoms with Crippen molar-refractivity contribution in [2.45, 2.75) is 45.8 Å². The van der Waals surface area contributed by atoms with Crippen LogP contribution in [0.1, 0.15) is 40.2 Å². The summed E-state index contributed by atoms with van der Waals surface area (Å²) in [5.74, 6) is -0.299. The van der Waals surface area contributed by atoms with Gasteiger partial charge in [-0.15, -0.1) is 0 Å². The van der Waals surface area contributed by atoms with Gasteiger partial charge in [0.1, 0.15) is 11.4 Å².